The van der Waals surface area contributed by atoms with Crippen LogP contribution in [0.4, 0.5) is 11.4 Å². The van der Waals surface area contributed by atoms with E-state index in [2.05, 4.69) is 57.1 Å². The molecule has 3 aliphatic rings. The Morgan fingerprint density at radius 1 is 1.00 bits per heavy atom. The van der Waals surface area contributed by atoms with Crippen LogP contribution in [0.1, 0.15) is 11.1 Å². The van der Waals surface area contributed by atoms with Gasteiger partial charge < -0.3 is 30.2 Å². The first-order valence-electron chi connectivity index (χ1n) is 10.4. The van der Waals surface area contributed by atoms with Gasteiger partial charge in [0.2, 0.25) is 25.0 Å². The summed E-state index contributed by atoms with van der Waals surface area (Å²) in [5.41, 5.74) is 10.4. The van der Waals surface area contributed by atoms with E-state index in [0.29, 0.717) is 19.0 Å². The molecule has 5 rings (SSSR count). The Bertz CT molecular complexity index is 1050. The molecule has 1 saturated heterocycles. The molecule has 2 aromatic rings. The van der Waals surface area contributed by atoms with E-state index in [4.69, 9.17) is 19.9 Å². The average molecular weight is 422 g/mol. The molecule has 0 bridgehead atoms. The molecule has 0 aromatic heterocycles. The van der Waals surface area contributed by atoms with Crippen LogP contribution in [0.5, 0.6) is 11.5 Å². The average Bonchev–Trinajstić information content (AvgIpc) is 3.24. The second-order valence-electron chi connectivity index (χ2n) is 7.72. The smallest absolute Gasteiger partial charge is 0.231 e. The summed E-state index contributed by atoms with van der Waals surface area (Å²) >= 11 is 0. The standard InChI is InChI=1S/C22H26N6O3/c1-14-3-5-17(11-15(14)2)28-21(24-16-4-6-18-19(12-16)31-13-30-18)25-20(23)26-22(28)27-7-9-29-10-8-27/h3-6,11-12,21,24H,7-10,13H2,1-2H3,(H2,23,25). The van der Waals surface area contributed by atoms with Crippen molar-refractivity contribution in [1.82, 2.24) is 4.90 Å². The molecule has 162 valence electrons. The van der Waals surface area contributed by atoms with E-state index in [1.165, 1.54) is 11.1 Å². The van der Waals surface area contributed by atoms with E-state index in [-0.39, 0.29) is 12.8 Å². The van der Waals surface area contributed by atoms with Gasteiger partial charge in [-0.3, -0.25) is 4.90 Å². The zero-order chi connectivity index (χ0) is 21.4. The first-order chi connectivity index (χ1) is 15.1. The number of guanidine groups is 2. The molecule has 0 aliphatic carbocycles. The predicted octanol–water partition coefficient (Wildman–Crippen LogP) is 2.25. The first-order valence-corrected chi connectivity index (χ1v) is 10.4. The van der Waals surface area contributed by atoms with Gasteiger partial charge in [0.05, 0.1) is 13.2 Å². The number of nitrogens with two attached hydrogens (primary N) is 1. The summed E-state index contributed by atoms with van der Waals surface area (Å²) in [4.78, 5) is 13.5. The van der Waals surface area contributed by atoms with Gasteiger partial charge in [-0.05, 0) is 49.2 Å². The summed E-state index contributed by atoms with van der Waals surface area (Å²) < 4.78 is 16.5. The largest absolute Gasteiger partial charge is 0.454 e. The van der Waals surface area contributed by atoms with E-state index in [1.54, 1.807) is 0 Å². The molecule has 31 heavy (non-hydrogen) atoms. The van der Waals surface area contributed by atoms with Gasteiger partial charge >= 0.3 is 0 Å². The van der Waals surface area contributed by atoms with Gasteiger partial charge in [-0.15, -0.1) is 0 Å². The predicted molar refractivity (Wildman–Crippen MR) is 120 cm³/mol. The van der Waals surface area contributed by atoms with Crippen LogP contribution in [0.15, 0.2) is 46.4 Å². The maximum Gasteiger partial charge on any atom is 0.231 e. The number of aryl methyl sites for hydroxylation is 2. The maximum absolute atomic E-state index is 6.15. The van der Waals surface area contributed by atoms with E-state index >= 15 is 0 Å². The zero-order valence-electron chi connectivity index (χ0n) is 17.7. The fourth-order valence-electron chi connectivity index (χ4n) is 3.83. The van der Waals surface area contributed by atoms with Crippen molar-refractivity contribution in [3.8, 4) is 11.5 Å². The SMILES string of the molecule is Cc1ccc(N2C(N3CCOCC3)=NC(N)=NC2Nc2ccc3c(c2)OCO3)cc1C. The first kappa shape index (κ1) is 19.5. The van der Waals surface area contributed by atoms with Crippen LogP contribution in [0.25, 0.3) is 0 Å². The summed E-state index contributed by atoms with van der Waals surface area (Å²) in [6.07, 6.45) is -0.474. The van der Waals surface area contributed by atoms with Gasteiger partial charge in [-0.1, -0.05) is 6.07 Å². The van der Waals surface area contributed by atoms with E-state index in [0.717, 1.165) is 36.2 Å². The Labute approximate surface area is 181 Å². The van der Waals surface area contributed by atoms with Crippen molar-refractivity contribution < 1.29 is 14.2 Å². The van der Waals surface area contributed by atoms with Crippen molar-refractivity contribution in [3.05, 3.63) is 47.5 Å². The molecule has 0 amide bonds. The number of nitrogens with zero attached hydrogens (tertiary/aromatic N) is 4. The lowest BCUT2D eigenvalue weighted by Crippen LogP contribution is -2.57. The van der Waals surface area contributed by atoms with Crippen LogP contribution in [0.3, 0.4) is 0 Å². The zero-order valence-corrected chi connectivity index (χ0v) is 17.7. The number of benzene rings is 2. The highest BCUT2D eigenvalue weighted by Crippen LogP contribution is 2.35. The van der Waals surface area contributed by atoms with Gasteiger partial charge in [-0.25, -0.2) is 4.99 Å². The minimum absolute atomic E-state index is 0.232. The van der Waals surface area contributed by atoms with Crippen molar-refractivity contribution in [3.63, 3.8) is 0 Å². The summed E-state index contributed by atoms with van der Waals surface area (Å²) in [6.45, 7) is 7.22. The topological polar surface area (TPSA) is 96.9 Å². The second kappa shape index (κ2) is 7.99. The lowest BCUT2D eigenvalue weighted by atomic mass is 10.1. The summed E-state index contributed by atoms with van der Waals surface area (Å²) in [5, 5.41) is 3.48. The third-order valence-electron chi connectivity index (χ3n) is 5.66. The van der Waals surface area contributed by atoms with Crippen molar-refractivity contribution in [1.29, 1.82) is 0 Å². The van der Waals surface area contributed by atoms with Crippen LogP contribution >= 0.6 is 0 Å². The molecule has 2 aromatic carbocycles. The lowest BCUT2D eigenvalue weighted by Gasteiger charge is -2.41. The number of hydrogen-bond acceptors (Lipinski definition) is 9. The minimum Gasteiger partial charge on any atom is -0.454 e. The maximum atomic E-state index is 6.15. The Morgan fingerprint density at radius 3 is 2.61 bits per heavy atom. The Kier molecular flexibility index (Phi) is 5.03. The molecule has 1 fully saturated rings. The molecule has 0 saturated carbocycles. The Balaban J connectivity index is 1.52. The molecule has 9 nitrogen and oxygen atoms in total. The quantitative estimate of drug-likeness (QED) is 0.783. The fourth-order valence-corrected chi connectivity index (χ4v) is 3.83. The lowest BCUT2D eigenvalue weighted by molar-refractivity contribution is 0.0671. The number of morpholine rings is 1. The van der Waals surface area contributed by atoms with E-state index in [1.807, 2.05) is 18.2 Å². The molecule has 9 heteroatoms. The van der Waals surface area contributed by atoms with Crippen molar-refractivity contribution in [2.45, 2.75) is 20.1 Å². The van der Waals surface area contributed by atoms with Gasteiger partial charge in [0.1, 0.15) is 0 Å². The second-order valence-corrected chi connectivity index (χ2v) is 7.72. The molecule has 3 N–H and O–H groups in total. The molecule has 1 atom stereocenters. The van der Waals surface area contributed by atoms with E-state index in [9.17, 15) is 0 Å². The molecular formula is C22H26N6O3. The van der Waals surface area contributed by atoms with Crippen LogP contribution in [-0.4, -0.2) is 56.2 Å². The number of anilines is 2. The van der Waals surface area contributed by atoms with Gasteiger partial charge in [0.15, 0.2) is 11.5 Å². The molecule has 3 aliphatic heterocycles. The highest BCUT2D eigenvalue weighted by molar-refractivity contribution is 6.06. The third kappa shape index (κ3) is 3.84. The minimum atomic E-state index is -0.474. The number of fused-ring (bicyclic) bond motifs is 1. The number of aliphatic imine (C=N–C) groups is 2. The van der Waals surface area contributed by atoms with Crippen molar-refractivity contribution in [2.24, 2.45) is 15.7 Å². The summed E-state index contributed by atoms with van der Waals surface area (Å²) in [7, 11) is 0. The molecule has 0 radical (unpaired) electrons. The molecular weight excluding hydrogens is 396 g/mol. The monoisotopic (exact) mass is 422 g/mol. The summed E-state index contributed by atoms with van der Waals surface area (Å²) in [6, 6.07) is 12.1. The Morgan fingerprint density at radius 2 is 1.81 bits per heavy atom. The van der Waals surface area contributed by atoms with Crippen LogP contribution in [0, 0.1) is 13.8 Å². The van der Waals surface area contributed by atoms with Crippen molar-refractivity contribution >= 4 is 23.3 Å². The molecule has 1 unspecified atom stereocenters. The van der Waals surface area contributed by atoms with Crippen molar-refractivity contribution in [2.75, 3.05) is 43.3 Å². The molecule has 3 heterocycles. The van der Waals surface area contributed by atoms with Crippen LogP contribution in [-0.2, 0) is 4.74 Å². The Hall–Kier alpha value is -3.46. The van der Waals surface area contributed by atoms with Crippen LogP contribution < -0.4 is 25.4 Å². The van der Waals surface area contributed by atoms with Crippen LogP contribution in [0.2, 0.25) is 0 Å². The normalized spacial score (nSPS) is 20.4. The highest BCUT2D eigenvalue weighted by atomic mass is 16.7. The third-order valence-corrected chi connectivity index (χ3v) is 5.66. The number of nitrogens with one attached hydrogen (secondary N) is 1. The van der Waals surface area contributed by atoms with Gasteiger partial charge in [0.25, 0.3) is 0 Å². The van der Waals surface area contributed by atoms with Gasteiger partial charge in [0, 0.05) is 30.5 Å². The van der Waals surface area contributed by atoms with E-state index < -0.39 is 6.29 Å². The fraction of sp³-hybridized carbons (Fsp3) is 0.364. The summed E-state index contributed by atoms with van der Waals surface area (Å²) in [5.74, 6) is 2.44. The molecule has 0 spiro atoms. The highest BCUT2D eigenvalue weighted by Gasteiger charge is 2.32. The number of ether oxygens (including phenoxy) is 3. The number of rotatable bonds is 3. The van der Waals surface area contributed by atoms with Gasteiger partial charge in [-0.2, -0.15) is 4.99 Å². The number of hydrogen-bond donors (Lipinski definition) is 2.